The van der Waals surface area contributed by atoms with E-state index in [4.69, 9.17) is 0 Å². The Morgan fingerprint density at radius 3 is 2.20 bits per heavy atom. The van der Waals surface area contributed by atoms with Crippen LogP contribution >= 0.6 is 0 Å². The minimum absolute atomic E-state index is 0.0442. The van der Waals surface area contributed by atoms with E-state index in [1.54, 1.807) is 0 Å². The maximum atomic E-state index is 13.0. The van der Waals surface area contributed by atoms with Crippen LogP contribution in [0.25, 0.3) is 0 Å². The third-order valence-electron chi connectivity index (χ3n) is 4.83. The number of piperidine rings is 1. The van der Waals surface area contributed by atoms with Crippen molar-refractivity contribution in [3.63, 3.8) is 0 Å². The lowest BCUT2D eigenvalue weighted by Gasteiger charge is -2.30. The van der Waals surface area contributed by atoms with E-state index in [0.29, 0.717) is 0 Å². The first-order valence-corrected chi connectivity index (χ1v) is 10.5. The van der Waals surface area contributed by atoms with Crippen molar-refractivity contribution in [2.75, 3.05) is 18.5 Å². The van der Waals surface area contributed by atoms with E-state index >= 15 is 0 Å². The van der Waals surface area contributed by atoms with E-state index in [0.717, 1.165) is 18.2 Å². The summed E-state index contributed by atoms with van der Waals surface area (Å²) in [5.41, 5.74) is 3.38. The van der Waals surface area contributed by atoms with E-state index in [9.17, 15) is 30.8 Å². The molecule has 1 saturated heterocycles. The summed E-state index contributed by atoms with van der Waals surface area (Å²) in [6, 6.07) is 9.19. The molecule has 1 aliphatic heterocycles. The van der Waals surface area contributed by atoms with Gasteiger partial charge in [0, 0.05) is 19.0 Å². The Balaban J connectivity index is 1.58. The number of halogens is 4. The molecule has 0 spiro atoms. The third-order valence-corrected chi connectivity index (χ3v) is 6.74. The van der Waals surface area contributed by atoms with E-state index in [1.807, 2.05) is 0 Å². The number of rotatable bonds is 5. The molecule has 1 amide bonds. The van der Waals surface area contributed by atoms with Crippen molar-refractivity contribution in [1.82, 2.24) is 9.73 Å². The number of hydrazine groups is 1. The van der Waals surface area contributed by atoms with Gasteiger partial charge in [0.2, 0.25) is 15.9 Å². The molecule has 6 nitrogen and oxygen atoms in total. The molecule has 0 bridgehead atoms. The fourth-order valence-corrected chi connectivity index (χ4v) is 4.65. The lowest BCUT2D eigenvalue weighted by molar-refractivity contribution is -0.137. The summed E-state index contributed by atoms with van der Waals surface area (Å²) in [7, 11) is -3.81. The van der Waals surface area contributed by atoms with Gasteiger partial charge in [0.05, 0.1) is 16.1 Å². The Bertz CT molecular complexity index is 1000. The molecule has 0 radical (unpaired) electrons. The lowest BCUT2D eigenvalue weighted by atomic mass is 9.97. The molecule has 1 aliphatic rings. The van der Waals surface area contributed by atoms with Gasteiger partial charge in [-0.25, -0.2) is 12.8 Å². The number of carbonyl (C=O) groups is 1. The molecule has 30 heavy (non-hydrogen) atoms. The molecule has 2 aromatic carbocycles. The van der Waals surface area contributed by atoms with Crippen LogP contribution in [0.5, 0.6) is 0 Å². The second-order valence-corrected chi connectivity index (χ2v) is 8.73. The van der Waals surface area contributed by atoms with Crippen molar-refractivity contribution in [2.24, 2.45) is 5.92 Å². The molecular formula is C19H19F4N3O3S. The van der Waals surface area contributed by atoms with E-state index in [-0.39, 0.29) is 36.5 Å². The highest BCUT2D eigenvalue weighted by Gasteiger charge is 2.34. The van der Waals surface area contributed by atoms with Gasteiger partial charge in [0.15, 0.2) is 0 Å². The molecule has 2 N–H and O–H groups in total. The van der Waals surface area contributed by atoms with Crippen LogP contribution in [0.1, 0.15) is 18.4 Å². The number of nitrogens with one attached hydrogen (secondary N) is 2. The summed E-state index contributed by atoms with van der Waals surface area (Å²) in [6.07, 6.45) is -4.17. The van der Waals surface area contributed by atoms with Crippen LogP contribution in [0, 0.1) is 11.7 Å². The minimum Gasteiger partial charge on any atom is -0.298 e. The van der Waals surface area contributed by atoms with Gasteiger partial charge in [-0.2, -0.15) is 17.5 Å². The molecule has 11 heteroatoms. The normalized spacial score (nSPS) is 16.3. The SMILES string of the molecule is O=C(NNc1ccccc1C(F)(F)F)C1CCN(S(=O)(=O)c2ccc(F)cc2)CC1. The zero-order valence-electron chi connectivity index (χ0n) is 15.6. The van der Waals surface area contributed by atoms with Gasteiger partial charge >= 0.3 is 6.18 Å². The Morgan fingerprint density at radius 1 is 1.00 bits per heavy atom. The maximum absolute atomic E-state index is 13.0. The molecule has 162 valence electrons. The fraction of sp³-hybridized carbons (Fsp3) is 0.316. The highest BCUT2D eigenvalue weighted by molar-refractivity contribution is 7.89. The smallest absolute Gasteiger partial charge is 0.298 e. The lowest BCUT2D eigenvalue weighted by Crippen LogP contribution is -2.44. The van der Waals surface area contributed by atoms with Crippen molar-refractivity contribution in [1.29, 1.82) is 0 Å². The van der Waals surface area contributed by atoms with Gasteiger partial charge in [-0.15, -0.1) is 0 Å². The largest absolute Gasteiger partial charge is 0.418 e. The summed E-state index contributed by atoms with van der Waals surface area (Å²) in [4.78, 5) is 12.3. The number of carbonyl (C=O) groups excluding carboxylic acids is 1. The van der Waals surface area contributed by atoms with E-state index in [1.165, 1.54) is 34.6 Å². The summed E-state index contributed by atoms with van der Waals surface area (Å²) in [5, 5.41) is 0. The van der Waals surface area contributed by atoms with Gasteiger partial charge in [0.25, 0.3) is 0 Å². The molecule has 1 fully saturated rings. The van der Waals surface area contributed by atoms with Gasteiger partial charge in [-0.1, -0.05) is 12.1 Å². The number of alkyl halides is 3. The van der Waals surface area contributed by atoms with Crippen molar-refractivity contribution in [3.8, 4) is 0 Å². The Hall–Kier alpha value is -2.66. The van der Waals surface area contributed by atoms with Crippen molar-refractivity contribution in [2.45, 2.75) is 23.9 Å². The standard InChI is InChI=1S/C19H19F4N3O3S/c20-14-5-7-15(8-6-14)30(28,29)26-11-9-13(10-12-26)18(27)25-24-17-4-2-1-3-16(17)19(21,22)23/h1-8,13,24H,9-12H2,(H,25,27). The van der Waals surface area contributed by atoms with Crippen LogP contribution in [-0.2, 0) is 21.0 Å². The summed E-state index contributed by atoms with van der Waals surface area (Å²) in [6.45, 7) is 0.133. The summed E-state index contributed by atoms with van der Waals surface area (Å²) < 4.78 is 78.5. The zero-order chi connectivity index (χ0) is 21.9. The Labute approximate surface area is 170 Å². The highest BCUT2D eigenvalue weighted by atomic mass is 32.2. The first-order valence-electron chi connectivity index (χ1n) is 9.07. The number of anilines is 1. The number of nitrogens with zero attached hydrogens (tertiary/aromatic N) is 1. The molecule has 0 aromatic heterocycles. The number of para-hydroxylation sites is 1. The first kappa shape index (κ1) is 22.0. The molecular weight excluding hydrogens is 426 g/mol. The second-order valence-electron chi connectivity index (χ2n) is 6.79. The topological polar surface area (TPSA) is 78.5 Å². The van der Waals surface area contributed by atoms with Crippen LogP contribution in [0.2, 0.25) is 0 Å². The van der Waals surface area contributed by atoms with Crippen molar-refractivity contribution >= 4 is 21.6 Å². The summed E-state index contributed by atoms with van der Waals surface area (Å²) in [5.74, 6) is -1.63. The molecule has 1 heterocycles. The van der Waals surface area contributed by atoms with Crippen LogP contribution in [0.4, 0.5) is 23.2 Å². The van der Waals surface area contributed by atoms with Crippen LogP contribution in [0.15, 0.2) is 53.4 Å². The Kier molecular flexibility index (Phi) is 6.32. The second kappa shape index (κ2) is 8.60. The van der Waals surface area contributed by atoms with Gasteiger partial charge in [-0.05, 0) is 49.2 Å². The molecule has 0 saturated carbocycles. The highest BCUT2D eigenvalue weighted by Crippen LogP contribution is 2.34. The van der Waals surface area contributed by atoms with Gasteiger partial charge < -0.3 is 0 Å². The molecule has 0 aliphatic carbocycles. The maximum Gasteiger partial charge on any atom is 0.418 e. The molecule has 3 rings (SSSR count). The number of benzene rings is 2. The quantitative estimate of drug-likeness (QED) is 0.546. The monoisotopic (exact) mass is 445 g/mol. The molecule has 2 aromatic rings. The predicted octanol–water partition coefficient (Wildman–Crippen LogP) is 3.39. The minimum atomic E-state index is -4.58. The Morgan fingerprint density at radius 2 is 1.60 bits per heavy atom. The fourth-order valence-electron chi connectivity index (χ4n) is 3.18. The van der Waals surface area contributed by atoms with Crippen molar-refractivity contribution < 1.29 is 30.8 Å². The first-order chi connectivity index (χ1) is 14.1. The number of hydrogen-bond donors (Lipinski definition) is 2. The number of sulfonamides is 1. The third kappa shape index (κ3) is 4.90. The predicted molar refractivity (Wildman–Crippen MR) is 101 cm³/mol. The van der Waals surface area contributed by atoms with E-state index in [2.05, 4.69) is 10.9 Å². The van der Waals surface area contributed by atoms with Gasteiger partial charge in [0.1, 0.15) is 5.82 Å². The van der Waals surface area contributed by atoms with E-state index < -0.39 is 39.4 Å². The van der Waals surface area contributed by atoms with Crippen LogP contribution in [0.3, 0.4) is 0 Å². The van der Waals surface area contributed by atoms with Crippen LogP contribution < -0.4 is 10.9 Å². The van der Waals surface area contributed by atoms with Crippen molar-refractivity contribution in [3.05, 3.63) is 59.9 Å². The summed E-state index contributed by atoms with van der Waals surface area (Å²) >= 11 is 0. The average molecular weight is 445 g/mol. The van der Waals surface area contributed by atoms with Gasteiger partial charge in [-0.3, -0.25) is 15.6 Å². The molecule has 0 atom stereocenters. The molecule has 0 unspecified atom stereocenters. The zero-order valence-corrected chi connectivity index (χ0v) is 16.4. The average Bonchev–Trinajstić information content (AvgIpc) is 2.72. The number of amides is 1. The van der Waals surface area contributed by atoms with Crippen LogP contribution in [-0.4, -0.2) is 31.7 Å². The number of hydrogen-bond acceptors (Lipinski definition) is 4.